The summed E-state index contributed by atoms with van der Waals surface area (Å²) in [7, 11) is 0. The second-order valence-corrected chi connectivity index (χ2v) is 8.86. The lowest BCUT2D eigenvalue weighted by Gasteiger charge is -2.25. The molecule has 1 unspecified atom stereocenters. The molecule has 0 radical (unpaired) electrons. The molecule has 0 bridgehead atoms. The number of hydrogen-bond acceptors (Lipinski definition) is 4. The van der Waals surface area contributed by atoms with Gasteiger partial charge in [0.25, 0.3) is 0 Å². The zero-order chi connectivity index (χ0) is 22.2. The Morgan fingerprint density at radius 3 is 2.74 bits per heavy atom. The maximum Gasteiger partial charge on any atom is 0.369 e. The maximum atomic E-state index is 8.37. The van der Waals surface area contributed by atoms with E-state index in [1.54, 1.807) is 6.92 Å². The van der Waals surface area contributed by atoms with Crippen molar-refractivity contribution >= 4 is 28.5 Å². The van der Waals surface area contributed by atoms with Gasteiger partial charge < -0.3 is 15.7 Å². The number of benzene rings is 1. The van der Waals surface area contributed by atoms with Crippen LogP contribution in [0.25, 0.3) is 10.9 Å². The fourth-order valence-corrected chi connectivity index (χ4v) is 4.32. The molecule has 0 spiro atoms. The van der Waals surface area contributed by atoms with Gasteiger partial charge >= 0.3 is 5.90 Å². The molecule has 6 nitrogen and oxygen atoms in total. The minimum atomic E-state index is 0.0805. The van der Waals surface area contributed by atoms with E-state index in [1.807, 2.05) is 12.1 Å². The van der Waals surface area contributed by atoms with Crippen molar-refractivity contribution in [2.75, 3.05) is 18.4 Å². The summed E-state index contributed by atoms with van der Waals surface area (Å²) in [6, 6.07) is 8.81. The number of nitrogens with one attached hydrogen (secondary N) is 3. The molecule has 168 valence electrons. The summed E-state index contributed by atoms with van der Waals surface area (Å²) in [4.78, 5) is 8.84. The lowest BCUT2D eigenvalue weighted by Crippen LogP contribution is -2.35. The van der Waals surface area contributed by atoms with E-state index in [9.17, 15) is 0 Å². The van der Waals surface area contributed by atoms with Crippen LogP contribution in [0.3, 0.4) is 0 Å². The Kier molecular flexibility index (Phi) is 8.41. The summed E-state index contributed by atoms with van der Waals surface area (Å²) in [5, 5.41) is 24.2. The zero-order valence-electron chi connectivity index (χ0n) is 19.2. The van der Waals surface area contributed by atoms with Crippen LogP contribution in [0.2, 0.25) is 0 Å². The molecule has 1 atom stereocenters. The van der Waals surface area contributed by atoms with Crippen LogP contribution < -0.4 is 10.6 Å². The van der Waals surface area contributed by atoms with E-state index in [4.69, 9.17) is 15.5 Å². The molecule has 1 aromatic carbocycles. The van der Waals surface area contributed by atoms with Crippen molar-refractivity contribution in [2.24, 2.45) is 10.9 Å². The second-order valence-electron chi connectivity index (χ2n) is 8.86. The van der Waals surface area contributed by atoms with Crippen molar-refractivity contribution in [3.05, 3.63) is 35.4 Å². The number of rotatable bonds is 9. The molecule has 0 saturated heterocycles. The highest BCUT2D eigenvalue weighted by Gasteiger charge is 2.18. The minimum Gasteiger partial charge on any atom is -0.578 e. The lowest BCUT2D eigenvalue weighted by molar-refractivity contribution is 0.337. The Morgan fingerprint density at radius 2 is 2.03 bits per heavy atom. The monoisotopic (exact) mass is 424 g/mol. The van der Waals surface area contributed by atoms with Crippen LogP contribution >= 0.6 is 0 Å². The van der Waals surface area contributed by atoms with Crippen LogP contribution in [0.4, 0.5) is 5.82 Å². The van der Waals surface area contributed by atoms with E-state index < -0.39 is 0 Å². The van der Waals surface area contributed by atoms with Crippen LogP contribution in [0, 0.1) is 18.3 Å². The number of nitrogens with zero attached hydrogens (tertiary/aromatic N) is 2. The van der Waals surface area contributed by atoms with Crippen molar-refractivity contribution in [3.8, 4) is 0 Å². The Labute approximate surface area is 186 Å². The first-order chi connectivity index (χ1) is 15.0. The summed E-state index contributed by atoms with van der Waals surface area (Å²) >= 11 is 0. The van der Waals surface area contributed by atoms with E-state index in [0.29, 0.717) is 23.3 Å². The standard InChI is InChI=1S/C25H37N5O/c1-4-19(16-28-21-8-6-5-7-9-21)12-13-27-24-22(25(31)29-18(3)26)15-20-14-17(2)10-11-23(20)30-24/h10-11,14-15,19,21,28H,4-9,12-13,16H2,1-3H3,(H,27,30)(H2,26,29,31)/p+1. The van der Waals surface area contributed by atoms with Gasteiger partial charge in [-0.2, -0.15) is 4.99 Å². The largest absolute Gasteiger partial charge is 0.578 e. The van der Waals surface area contributed by atoms with Crippen LogP contribution in [-0.4, -0.2) is 41.0 Å². The van der Waals surface area contributed by atoms with Crippen molar-refractivity contribution in [1.29, 1.82) is 5.41 Å². The third kappa shape index (κ3) is 6.76. The molecule has 1 aromatic heterocycles. The summed E-state index contributed by atoms with van der Waals surface area (Å²) < 4.78 is 0. The molecule has 5 N–H and O–H groups in total. The highest BCUT2D eigenvalue weighted by atomic mass is 16.3. The molecule has 6 heteroatoms. The predicted octanol–water partition coefficient (Wildman–Crippen LogP) is 4.76. The third-order valence-electron chi connectivity index (χ3n) is 6.23. The summed E-state index contributed by atoms with van der Waals surface area (Å²) in [5.74, 6) is 1.51. The SMILES string of the molecule is CCC(CCNc1nc2ccc(C)cc2cc1C([OH2+])=NC(C)=N)CNC1CCCCC1. The molecule has 0 amide bonds. The van der Waals surface area contributed by atoms with Gasteiger partial charge in [0.1, 0.15) is 17.2 Å². The molecule has 1 aliphatic carbocycles. The average molecular weight is 425 g/mol. The lowest BCUT2D eigenvalue weighted by atomic mass is 9.94. The summed E-state index contributed by atoms with van der Waals surface area (Å²) in [6.07, 6.45) is 8.94. The molecule has 1 fully saturated rings. The molecule has 2 aromatic rings. The van der Waals surface area contributed by atoms with E-state index >= 15 is 0 Å². The smallest absolute Gasteiger partial charge is 0.369 e. The summed E-state index contributed by atoms with van der Waals surface area (Å²) in [6.45, 7) is 7.77. The highest BCUT2D eigenvalue weighted by Crippen LogP contribution is 2.23. The molecular weight excluding hydrogens is 386 g/mol. The Hall–Kier alpha value is -2.47. The van der Waals surface area contributed by atoms with Gasteiger partial charge in [0, 0.05) is 18.0 Å². The first kappa shape index (κ1) is 23.2. The van der Waals surface area contributed by atoms with Gasteiger partial charge in [0.2, 0.25) is 0 Å². The van der Waals surface area contributed by atoms with Gasteiger partial charge in [-0.25, -0.2) is 4.98 Å². The Morgan fingerprint density at radius 1 is 1.26 bits per heavy atom. The molecule has 1 aliphatic rings. The summed E-state index contributed by atoms with van der Waals surface area (Å²) in [5.41, 5.74) is 2.71. The van der Waals surface area contributed by atoms with Crippen molar-refractivity contribution in [2.45, 2.75) is 71.8 Å². The van der Waals surface area contributed by atoms with E-state index in [2.05, 4.69) is 41.6 Å². The normalized spacial score (nSPS) is 16.4. The number of aryl methyl sites for hydroxylation is 1. The first-order valence-corrected chi connectivity index (χ1v) is 11.7. The number of aromatic nitrogens is 1. The molecule has 1 heterocycles. The van der Waals surface area contributed by atoms with Gasteiger partial charge in [-0.05, 0) is 63.8 Å². The molecule has 1 saturated carbocycles. The third-order valence-corrected chi connectivity index (χ3v) is 6.23. The number of pyridine rings is 1. The van der Waals surface area contributed by atoms with Crippen LogP contribution in [-0.2, 0) is 0 Å². The number of hydrogen-bond donors (Lipinski definition) is 3. The molecule has 3 rings (SSSR count). The van der Waals surface area contributed by atoms with Crippen LogP contribution in [0.5, 0.6) is 0 Å². The van der Waals surface area contributed by atoms with Crippen molar-refractivity contribution in [3.63, 3.8) is 0 Å². The van der Waals surface area contributed by atoms with Gasteiger partial charge in [0.15, 0.2) is 0 Å². The maximum absolute atomic E-state index is 8.37. The van der Waals surface area contributed by atoms with Crippen LogP contribution in [0.15, 0.2) is 29.3 Å². The fraction of sp³-hybridized carbons (Fsp3) is 0.560. The van der Waals surface area contributed by atoms with Crippen molar-refractivity contribution in [1.82, 2.24) is 10.3 Å². The molecule has 0 aliphatic heterocycles. The molecular formula is C25H38N5O+. The van der Waals surface area contributed by atoms with Gasteiger partial charge in [0.05, 0.1) is 5.52 Å². The van der Waals surface area contributed by atoms with Gasteiger partial charge in [-0.3, -0.25) is 5.41 Å². The second kappa shape index (κ2) is 11.2. The Bertz CT molecular complexity index is 918. The average Bonchev–Trinajstić information content (AvgIpc) is 2.75. The van der Waals surface area contributed by atoms with Gasteiger partial charge in [-0.15, -0.1) is 0 Å². The highest BCUT2D eigenvalue weighted by molar-refractivity contribution is 6.05. The predicted molar refractivity (Wildman–Crippen MR) is 132 cm³/mol. The first-order valence-electron chi connectivity index (χ1n) is 11.7. The topological polar surface area (TPSA) is 96.1 Å². The number of amidine groups is 1. The number of fused-ring (bicyclic) bond motifs is 1. The number of aliphatic imine (C=N–C) groups is 1. The Balaban J connectivity index is 1.68. The minimum absolute atomic E-state index is 0.0805. The van der Waals surface area contributed by atoms with E-state index in [1.165, 1.54) is 32.1 Å². The van der Waals surface area contributed by atoms with Gasteiger partial charge in [-0.1, -0.05) is 44.2 Å². The van der Waals surface area contributed by atoms with Crippen molar-refractivity contribution < 1.29 is 5.11 Å². The van der Waals surface area contributed by atoms with E-state index in [-0.39, 0.29) is 11.7 Å². The number of anilines is 1. The van der Waals surface area contributed by atoms with Crippen LogP contribution in [0.1, 0.15) is 69.9 Å². The van der Waals surface area contributed by atoms with E-state index in [0.717, 1.165) is 42.4 Å². The zero-order valence-corrected chi connectivity index (χ0v) is 19.2. The quantitative estimate of drug-likeness (QED) is 0.307. The fourth-order valence-electron chi connectivity index (χ4n) is 4.32. The molecule has 31 heavy (non-hydrogen) atoms.